The van der Waals surface area contributed by atoms with Crippen molar-refractivity contribution in [3.63, 3.8) is 0 Å². The summed E-state index contributed by atoms with van der Waals surface area (Å²) >= 11 is 5.65. The summed E-state index contributed by atoms with van der Waals surface area (Å²) in [7, 11) is 1.38. The number of thiocarbonyl (C=S) groups is 1. The predicted molar refractivity (Wildman–Crippen MR) is 124 cm³/mol. The van der Waals surface area contributed by atoms with E-state index in [4.69, 9.17) is 17.0 Å². The fourth-order valence-corrected chi connectivity index (χ4v) is 4.73. The summed E-state index contributed by atoms with van der Waals surface area (Å²) < 4.78 is 20.8. The van der Waals surface area contributed by atoms with Gasteiger partial charge in [0.15, 0.2) is 5.11 Å². The molecule has 1 saturated heterocycles. The van der Waals surface area contributed by atoms with Crippen LogP contribution in [-0.4, -0.2) is 39.2 Å². The molecule has 3 heterocycles. The first-order chi connectivity index (χ1) is 15.4. The third-order valence-electron chi connectivity index (χ3n) is 5.84. The lowest BCUT2D eigenvalue weighted by atomic mass is 9.96. The van der Waals surface area contributed by atoms with E-state index < -0.39 is 0 Å². The van der Waals surface area contributed by atoms with Gasteiger partial charge < -0.3 is 19.5 Å². The molecule has 1 aliphatic heterocycles. The molecule has 0 unspecified atom stereocenters. The molecule has 1 N–H and O–H groups in total. The first-order valence-corrected chi connectivity index (χ1v) is 10.8. The number of methoxy groups -OCH3 is 1. The van der Waals surface area contributed by atoms with Crippen LogP contribution in [0, 0.1) is 19.7 Å². The Hall–Kier alpha value is -3.26. The van der Waals surface area contributed by atoms with Crippen LogP contribution < -0.4 is 5.32 Å². The zero-order chi connectivity index (χ0) is 22.8. The molecule has 0 amide bonds. The molecule has 4 rings (SSSR count). The van der Waals surface area contributed by atoms with Crippen molar-refractivity contribution in [3.8, 4) is 5.69 Å². The molecule has 0 spiro atoms. The quantitative estimate of drug-likeness (QED) is 0.448. The van der Waals surface area contributed by atoms with E-state index in [9.17, 15) is 9.18 Å². The highest BCUT2D eigenvalue weighted by Gasteiger charge is 2.41. The maximum atomic E-state index is 13.9. The smallest absolute Gasteiger partial charge is 0.307 e. The van der Waals surface area contributed by atoms with Crippen LogP contribution in [0.4, 0.5) is 4.39 Å². The van der Waals surface area contributed by atoms with E-state index in [1.807, 2.05) is 47.6 Å². The summed E-state index contributed by atoms with van der Waals surface area (Å²) in [4.78, 5) is 18.4. The summed E-state index contributed by atoms with van der Waals surface area (Å²) in [6.45, 7) is 4.43. The minimum atomic E-state index is -0.293. The molecule has 6 nitrogen and oxygen atoms in total. The number of carbonyl (C=O) groups is 1. The Balaban J connectivity index is 1.80. The molecule has 166 valence electrons. The molecule has 1 fully saturated rings. The van der Waals surface area contributed by atoms with Gasteiger partial charge in [-0.1, -0.05) is 12.1 Å². The second kappa shape index (κ2) is 9.08. The van der Waals surface area contributed by atoms with E-state index in [-0.39, 0.29) is 30.3 Å². The average Bonchev–Trinajstić information content (AvgIpc) is 3.27. The highest BCUT2D eigenvalue weighted by atomic mass is 32.1. The zero-order valence-corrected chi connectivity index (χ0v) is 19.0. The summed E-state index contributed by atoms with van der Waals surface area (Å²) in [5.41, 5.74) is 4.62. The summed E-state index contributed by atoms with van der Waals surface area (Å²) in [6.07, 6.45) is 1.97. The Morgan fingerprint density at radius 2 is 2.03 bits per heavy atom. The number of rotatable bonds is 6. The minimum absolute atomic E-state index is 0.185. The van der Waals surface area contributed by atoms with Gasteiger partial charge in [-0.2, -0.15) is 0 Å². The summed E-state index contributed by atoms with van der Waals surface area (Å²) in [5, 5.41) is 3.95. The van der Waals surface area contributed by atoms with Gasteiger partial charge in [0.25, 0.3) is 0 Å². The number of esters is 1. The van der Waals surface area contributed by atoms with Crippen LogP contribution in [0.15, 0.2) is 54.7 Å². The van der Waals surface area contributed by atoms with Crippen LogP contribution in [0.25, 0.3) is 5.69 Å². The fourth-order valence-electron chi connectivity index (χ4n) is 4.40. The number of aromatic nitrogens is 2. The number of aryl methyl sites for hydroxylation is 1. The van der Waals surface area contributed by atoms with E-state index in [1.54, 1.807) is 12.3 Å². The predicted octanol–water partition coefficient (Wildman–Crippen LogP) is 4.16. The van der Waals surface area contributed by atoms with Crippen molar-refractivity contribution >= 4 is 23.3 Å². The Labute approximate surface area is 192 Å². The highest BCUT2D eigenvalue weighted by Crippen LogP contribution is 2.41. The van der Waals surface area contributed by atoms with Crippen LogP contribution in [-0.2, 0) is 9.53 Å². The van der Waals surface area contributed by atoms with Gasteiger partial charge >= 0.3 is 5.97 Å². The van der Waals surface area contributed by atoms with Gasteiger partial charge in [0.1, 0.15) is 5.82 Å². The van der Waals surface area contributed by atoms with Gasteiger partial charge in [0.2, 0.25) is 0 Å². The highest BCUT2D eigenvalue weighted by molar-refractivity contribution is 7.80. The van der Waals surface area contributed by atoms with Crippen molar-refractivity contribution < 1.29 is 13.9 Å². The van der Waals surface area contributed by atoms with E-state index in [1.165, 1.54) is 19.2 Å². The third kappa shape index (κ3) is 4.10. The molecule has 0 aliphatic carbocycles. The minimum Gasteiger partial charge on any atom is -0.469 e. The lowest BCUT2D eigenvalue weighted by Gasteiger charge is -2.28. The van der Waals surface area contributed by atoms with Gasteiger partial charge in [-0.25, -0.2) is 4.39 Å². The molecule has 2 atom stereocenters. The molecule has 3 aromatic rings. The number of nitrogens with zero attached hydrogens (tertiary/aromatic N) is 3. The van der Waals surface area contributed by atoms with Gasteiger partial charge in [-0.05, 0) is 68.0 Å². The second-order valence-corrected chi connectivity index (χ2v) is 8.17. The van der Waals surface area contributed by atoms with Crippen molar-refractivity contribution in [2.24, 2.45) is 0 Å². The van der Waals surface area contributed by atoms with Gasteiger partial charge in [0, 0.05) is 29.8 Å². The standard InChI is InChI=1S/C24H25FN4O2S/c1-15-13-19(16(2)29(15)18-8-6-7-17(25)14-18)23-22(20-9-4-5-11-26-20)27-24(32)28(23)12-10-21(30)31-3/h4-9,11,13-14,22-23H,10,12H2,1-3H3,(H,27,32)/t22-,23-/m0/s1. The number of ether oxygens (including phenoxy) is 1. The first kappa shape index (κ1) is 22.0. The van der Waals surface area contributed by atoms with Crippen LogP contribution in [0.5, 0.6) is 0 Å². The van der Waals surface area contributed by atoms with Gasteiger partial charge in [-0.15, -0.1) is 0 Å². The lowest BCUT2D eigenvalue weighted by molar-refractivity contribution is -0.140. The number of hydrogen-bond donors (Lipinski definition) is 1. The van der Waals surface area contributed by atoms with Crippen molar-refractivity contribution in [1.29, 1.82) is 0 Å². The molecule has 32 heavy (non-hydrogen) atoms. The van der Waals surface area contributed by atoms with Gasteiger partial charge in [-0.3, -0.25) is 9.78 Å². The molecule has 0 radical (unpaired) electrons. The van der Waals surface area contributed by atoms with Crippen LogP contribution in [0.2, 0.25) is 0 Å². The number of pyridine rings is 1. The summed E-state index contributed by atoms with van der Waals surface area (Å²) in [6, 6.07) is 14.0. The number of nitrogens with one attached hydrogen (secondary N) is 1. The van der Waals surface area contributed by atoms with Crippen LogP contribution in [0.3, 0.4) is 0 Å². The molecular weight excluding hydrogens is 427 g/mol. The van der Waals surface area contributed by atoms with Crippen LogP contribution >= 0.6 is 12.2 Å². The number of benzene rings is 1. The Morgan fingerprint density at radius 1 is 1.22 bits per heavy atom. The normalized spacial score (nSPS) is 18.0. The zero-order valence-electron chi connectivity index (χ0n) is 18.2. The Bertz CT molecular complexity index is 1150. The van der Waals surface area contributed by atoms with Crippen molar-refractivity contribution in [2.75, 3.05) is 13.7 Å². The largest absolute Gasteiger partial charge is 0.469 e. The maximum absolute atomic E-state index is 13.9. The van der Waals surface area contributed by atoms with Gasteiger partial charge in [0.05, 0.1) is 31.3 Å². The molecule has 0 bridgehead atoms. The first-order valence-electron chi connectivity index (χ1n) is 10.4. The van der Waals surface area contributed by atoms with Crippen molar-refractivity contribution in [3.05, 3.63) is 83.2 Å². The number of hydrogen-bond acceptors (Lipinski definition) is 4. The van der Waals surface area contributed by atoms with E-state index in [2.05, 4.69) is 16.4 Å². The maximum Gasteiger partial charge on any atom is 0.307 e. The van der Waals surface area contributed by atoms with E-state index in [0.717, 1.165) is 28.3 Å². The Morgan fingerprint density at radius 3 is 2.72 bits per heavy atom. The van der Waals surface area contributed by atoms with E-state index >= 15 is 0 Å². The van der Waals surface area contributed by atoms with Crippen molar-refractivity contribution in [1.82, 2.24) is 19.8 Å². The topological polar surface area (TPSA) is 59.4 Å². The number of halogens is 1. The summed E-state index contributed by atoms with van der Waals surface area (Å²) in [5.74, 6) is -0.579. The monoisotopic (exact) mass is 452 g/mol. The number of carbonyl (C=O) groups excluding carboxylic acids is 1. The molecule has 1 aromatic carbocycles. The molecule has 2 aromatic heterocycles. The molecule has 8 heteroatoms. The third-order valence-corrected chi connectivity index (χ3v) is 6.19. The van der Waals surface area contributed by atoms with Crippen LogP contribution in [0.1, 0.15) is 41.1 Å². The second-order valence-electron chi connectivity index (χ2n) is 7.79. The van der Waals surface area contributed by atoms with Crippen molar-refractivity contribution in [2.45, 2.75) is 32.4 Å². The lowest BCUT2D eigenvalue weighted by Crippen LogP contribution is -2.32. The Kier molecular flexibility index (Phi) is 6.23. The van der Waals surface area contributed by atoms with E-state index in [0.29, 0.717) is 11.7 Å². The molecular formula is C24H25FN4O2S. The SMILES string of the molecule is COC(=O)CCN1C(=S)N[C@@H](c2ccccn2)[C@@H]1c1cc(C)n(-c2cccc(F)c2)c1C. The molecule has 1 aliphatic rings. The average molecular weight is 453 g/mol. The molecule has 0 saturated carbocycles. The fraction of sp³-hybridized carbons (Fsp3) is 0.292.